The van der Waals surface area contributed by atoms with Crippen molar-refractivity contribution in [3.63, 3.8) is 0 Å². The van der Waals surface area contributed by atoms with Gasteiger partial charge in [-0.3, -0.25) is 0 Å². The molecule has 0 bridgehead atoms. The Morgan fingerprint density at radius 3 is 0.886 bits per heavy atom. The summed E-state index contributed by atoms with van der Waals surface area (Å²) in [6.45, 7) is 0. The summed E-state index contributed by atoms with van der Waals surface area (Å²) in [5, 5.41) is 0. The van der Waals surface area contributed by atoms with Gasteiger partial charge in [-0.25, -0.2) is 4.39 Å². The second-order valence-corrected chi connectivity index (χ2v) is 7.26. The lowest BCUT2D eigenvalue weighted by Crippen LogP contribution is -2.11. The van der Waals surface area contributed by atoms with Crippen molar-refractivity contribution in [2.75, 3.05) is 0 Å². The highest BCUT2D eigenvalue weighted by Crippen LogP contribution is 2.42. The SMILES string of the molecule is Fc1c(-c2cc(C(F)(F)F)cc(C(F)(F)F)c2)cccc1-c1cc(C(F)(F)F)cc(C(F)(F)F)c1. The van der Waals surface area contributed by atoms with E-state index in [9.17, 15) is 52.7 Å². The minimum atomic E-state index is -5.27. The number of halogens is 13. The second-order valence-electron chi connectivity index (χ2n) is 7.26. The van der Waals surface area contributed by atoms with Gasteiger partial charge >= 0.3 is 24.7 Å². The normalized spacial score (nSPS) is 13.3. The van der Waals surface area contributed by atoms with Gasteiger partial charge in [0.25, 0.3) is 0 Å². The lowest BCUT2D eigenvalue weighted by Gasteiger charge is -2.17. The van der Waals surface area contributed by atoms with Crippen LogP contribution in [0.1, 0.15) is 22.3 Å². The maximum atomic E-state index is 15.2. The molecule has 0 aliphatic heterocycles. The summed E-state index contributed by atoms with van der Waals surface area (Å²) in [6, 6.07) is 2.67. The molecule has 0 heterocycles. The predicted octanol–water partition coefficient (Wildman–Crippen LogP) is 9.23. The van der Waals surface area contributed by atoms with Gasteiger partial charge in [-0.1, -0.05) is 18.2 Å². The standard InChI is InChI=1S/C22H9F13/c23-18-16(10-4-12(19(24,25)26)8-13(5-10)20(27,28)29)2-1-3-17(18)11-6-14(21(30,31)32)9-15(7-11)22(33,34)35/h1-9H. The van der Waals surface area contributed by atoms with Gasteiger partial charge in [-0.2, -0.15) is 52.7 Å². The third-order valence-corrected chi connectivity index (χ3v) is 4.80. The molecular weight excluding hydrogens is 511 g/mol. The summed E-state index contributed by atoms with van der Waals surface area (Å²) < 4.78 is 173. The highest BCUT2D eigenvalue weighted by molar-refractivity contribution is 5.76. The summed E-state index contributed by atoms with van der Waals surface area (Å²) >= 11 is 0. The Morgan fingerprint density at radius 2 is 0.657 bits per heavy atom. The van der Waals surface area contributed by atoms with Crippen molar-refractivity contribution in [1.82, 2.24) is 0 Å². The molecule has 0 radical (unpaired) electrons. The third-order valence-electron chi connectivity index (χ3n) is 4.80. The summed E-state index contributed by atoms with van der Waals surface area (Å²) in [6.07, 6.45) is -21.1. The first kappa shape index (κ1) is 26.4. The lowest BCUT2D eigenvalue weighted by molar-refractivity contribution is -0.144. The maximum Gasteiger partial charge on any atom is 0.416 e. The minimum Gasteiger partial charge on any atom is -0.206 e. The van der Waals surface area contributed by atoms with Crippen LogP contribution >= 0.6 is 0 Å². The zero-order chi connectivity index (χ0) is 26.6. The number of hydrogen-bond acceptors (Lipinski definition) is 0. The van der Waals surface area contributed by atoms with Gasteiger partial charge in [0.05, 0.1) is 22.3 Å². The fraction of sp³-hybridized carbons (Fsp3) is 0.182. The van der Waals surface area contributed by atoms with E-state index in [2.05, 4.69) is 0 Å². The molecule has 0 atom stereocenters. The van der Waals surface area contributed by atoms with Crippen LogP contribution in [0.3, 0.4) is 0 Å². The van der Waals surface area contributed by atoms with E-state index in [0.29, 0.717) is 0 Å². The van der Waals surface area contributed by atoms with E-state index in [1.807, 2.05) is 0 Å². The average molecular weight is 520 g/mol. The molecule has 0 aliphatic carbocycles. The molecule has 13 heteroatoms. The number of benzene rings is 3. The average Bonchev–Trinajstić information content (AvgIpc) is 2.70. The van der Waals surface area contributed by atoms with Crippen molar-refractivity contribution in [2.24, 2.45) is 0 Å². The first-order valence-corrected chi connectivity index (χ1v) is 9.16. The Bertz CT molecular complexity index is 1080. The lowest BCUT2D eigenvalue weighted by atomic mass is 9.93. The molecule has 0 N–H and O–H groups in total. The quantitative estimate of drug-likeness (QED) is 0.296. The van der Waals surface area contributed by atoms with Crippen LogP contribution in [-0.2, 0) is 24.7 Å². The molecule has 3 rings (SSSR count). The van der Waals surface area contributed by atoms with Crippen molar-refractivity contribution >= 4 is 0 Å². The van der Waals surface area contributed by atoms with Crippen LogP contribution in [0.2, 0.25) is 0 Å². The first-order chi connectivity index (χ1) is 15.8. The van der Waals surface area contributed by atoms with Crippen LogP contribution in [0.15, 0.2) is 54.6 Å². The largest absolute Gasteiger partial charge is 0.416 e. The molecule has 3 aromatic carbocycles. The predicted molar refractivity (Wildman–Crippen MR) is 97.3 cm³/mol. The van der Waals surface area contributed by atoms with Gasteiger partial charge in [-0.05, 0) is 47.5 Å². The van der Waals surface area contributed by atoms with E-state index in [1.165, 1.54) is 0 Å². The Kier molecular flexibility index (Phi) is 6.36. The van der Waals surface area contributed by atoms with Gasteiger partial charge in [-0.15, -0.1) is 0 Å². The molecule has 0 aliphatic rings. The van der Waals surface area contributed by atoms with Gasteiger partial charge in [0.1, 0.15) is 5.82 Å². The Labute approximate surface area is 187 Å². The van der Waals surface area contributed by atoms with E-state index in [-0.39, 0.29) is 36.4 Å². The molecule has 3 aromatic rings. The second kappa shape index (κ2) is 8.45. The molecule has 0 saturated heterocycles. The summed E-state index contributed by atoms with van der Waals surface area (Å²) in [5.41, 5.74) is -10.8. The highest BCUT2D eigenvalue weighted by atomic mass is 19.4. The van der Waals surface area contributed by atoms with Gasteiger partial charge in [0.15, 0.2) is 0 Å². The van der Waals surface area contributed by atoms with E-state index in [4.69, 9.17) is 0 Å². The summed E-state index contributed by atoms with van der Waals surface area (Å²) in [5.74, 6) is -1.62. The van der Waals surface area contributed by atoms with Gasteiger partial charge in [0, 0.05) is 11.1 Å². The zero-order valence-electron chi connectivity index (χ0n) is 16.6. The molecular formula is C22H9F13. The van der Waals surface area contributed by atoms with Gasteiger partial charge in [0.2, 0.25) is 0 Å². The zero-order valence-corrected chi connectivity index (χ0v) is 16.6. The van der Waals surface area contributed by atoms with Crippen molar-refractivity contribution in [3.05, 3.63) is 82.7 Å². The molecule has 0 amide bonds. The maximum absolute atomic E-state index is 15.2. The topological polar surface area (TPSA) is 0 Å². The van der Waals surface area contributed by atoms with Crippen LogP contribution in [0, 0.1) is 5.82 Å². The van der Waals surface area contributed by atoms with Crippen LogP contribution in [-0.4, -0.2) is 0 Å². The number of hydrogen-bond donors (Lipinski definition) is 0. The van der Waals surface area contributed by atoms with Crippen molar-refractivity contribution in [3.8, 4) is 22.3 Å². The molecule has 0 unspecified atom stereocenters. The fourth-order valence-electron chi connectivity index (χ4n) is 3.20. The molecule has 0 spiro atoms. The fourth-order valence-corrected chi connectivity index (χ4v) is 3.20. The summed E-state index contributed by atoms with van der Waals surface area (Å²) in [4.78, 5) is 0. The molecule has 0 nitrogen and oxygen atoms in total. The molecule has 0 fully saturated rings. The smallest absolute Gasteiger partial charge is 0.206 e. The van der Waals surface area contributed by atoms with Crippen molar-refractivity contribution in [2.45, 2.75) is 24.7 Å². The van der Waals surface area contributed by atoms with E-state index < -0.39 is 75.0 Å². The Balaban J connectivity index is 2.29. The van der Waals surface area contributed by atoms with Crippen LogP contribution in [0.5, 0.6) is 0 Å². The van der Waals surface area contributed by atoms with Crippen molar-refractivity contribution in [1.29, 1.82) is 0 Å². The first-order valence-electron chi connectivity index (χ1n) is 9.16. The monoisotopic (exact) mass is 520 g/mol. The Hall–Kier alpha value is -3.25. The van der Waals surface area contributed by atoms with Crippen LogP contribution in [0.25, 0.3) is 22.3 Å². The Morgan fingerprint density at radius 1 is 0.400 bits per heavy atom. The minimum absolute atomic E-state index is 0.185. The van der Waals surface area contributed by atoms with E-state index >= 15 is 4.39 Å². The van der Waals surface area contributed by atoms with Gasteiger partial charge < -0.3 is 0 Å². The number of alkyl halides is 12. The highest BCUT2D eigenvalue weighted by Gasteiger charge is 2.39. The van der Waals surface area contributed by atoms with Crippen LogP contribution < -0.4 is 0 Å². The van der Waals surface area contributed by atoms with Crippen LogP contribution in [0.4, 0.5) is 57.1 Å². The molecule has 35 heavy (non-hydrogen) atoms. The van der Waals surface area contributed by atoms with E-state index in [1.54, 1.807) is 0 Å². The number of rotatable bonds is 2. The molecule has 0 aromatic heterocycles. The molecule has 188 valence electrons. The van der Waals surface area contributed by atoms with Crippen molar-refractivity contribution < 1.29 is 57.1 Å². The molecule has 0 saturated carbocycles. The van der Waals surface area contributed by atoms with E-state index in [0.717, 1.165) is 18.2 Å². The summed E-state index contributed by atoms with van der Waals surface area (Å²) in [7, 11) is 0. The third kappa shape index (κ3) is 5.70.